The highest BCUT2D eigenvalue weighted by Gasteiger charge is 2.30. The molecule has 84 valence electrons. The minimum absolute atomic E-state index is 0.121. The summed E-state index contributed by atoms with van der Waals surface area (Å²) in [5.74, 6) is -0.368. The van der Waals surface area contributed by atoms with Crippen LogP contribution in [0.3, 0.4) is 0 Å². The van der Waals surface area contributed by atoms with Gasteiger partial charge in [0.15, 0.2) is 5.78 Å². The van der Waals surface area contributed by atoms with Crippen molar-refractivity contribution in [3.05, 3.63) is 35.4 Å². The first kappa shape index (κ1) is 10.9. The fourth-order valence-corrected chi connectivity index (χ4v) is 2.11. The largest absolute Gasteiger partial charge is 0.466 e. The molecule has 0 fully saturated rings. The summed E-state index contributed by atoms with van der Waals surface area (Å²) in [7, 11) is 0. The highest BCUT2D eigenvalue weighted by molar-refractivity contribution is 6.01. The lowest BCUT2D eigenvalue weighted by Gasteiger charge is -2.22. The van der Waals surface area contributed by atoms with Gasteiger partial charge in [-0.05, 0) is 18.9 Å². The number of carbonyl (C=O) groups excluding carboxylic acids is 2. The van der Waals surface area contributed by atoms with Gasteiger partial charge in [0.2, 0.25) is 0 Å². The summed E-state index contributed by atoms with van der Waals surface area (Å²) in [4.78, 5) is 23.4. The lowest BCUT2D eigenvalue weighted by Crippen LogP contribution is -2.23. The number of fused-ring (bicyclic) bond motifs is 1. The van der Waals surface area contributed by atoms with Crippen molar-refractivity contribution in [3.63, 3.8) is 0 Å². The number of ketones is 1. The molecule has 0 spiro atoms. The van der Waals surface area contributed by atoms with E-state index in [1.165, 1.54) is 0 Å². The van der Waals surface area contributed by atoms with Gasteiger partial charge in [0.25, 0.3) is 0 Å². The van der Waals surface area contributed by atoms with Gasteiger partial charge in [0.05, 0.1) is 12.5 Å². The Bertz CT molecular complexity index is 423. The smallest absolute Gasteiger partial charge is 0.313 e. The zero-order chi connectivity index (χ0) is 11.5. The van der Waals surface area contributed by atoms with Gasteiger partial charge in [-0.2, -0.15) is 0 Å². The van der Waals surface area contributed by atoms with Gasteiger partial charge in [0.1, 0.15) is 0 Å². The van der Waals surface area contributed by atoms with E-state index < -0.39 is 0 Å². The molecule has 0 radical (unpaired) electrons. The van der Waals surface area contributed by atoms with Crippen LogP contribution in [-0.2, 0) is 9.53 Å². The van der Waals surface area contributed by atoms with Crippen molar-refractivity contribution in [1.82, 2.24) is 0 Å². The highest BCUT2D eigenvalue weighted by atomic mass is 16.5. The monoisotopic (exact) mass is 218 g/mol. The van der Waals surface area contributed by atoms with E-state index in [9.17, 15) is 9.59 Å². The predicted molar refractivity (Wildman–Crippen MR) is 59.4 cm³/mol. The summed E-state index contributed by atoms with van der Waals surface area (Å²) >= 11 is 0. The molecule has 1 atom stereocenters. The Hall–Kier alpha value is -1.64. The summed E-state index contributed by atoms with van der Waals surface area (Å²) in [5.41, 5.74) is 1.49. The molecule has 1 aliphatic rings. The maximum atomic E-state index is 11.7. The van der Waals surface area contributed by atoms with Crippen LogP contribution in [0.25, 0.3) is 0 Å². The summed E-state index contributed by atoms with van der Waals surface area (Å²) in [6.07, 6.45) is 0.995. The normalized spacial score (nSPS) is 19.1. The standard InChI is InChI=1S/C13H14O3/c1-2-16-13(15)11-7-8-12(14)10-6-4-3-5-9(10)11/h3-6,11H,2,7-8H2,1H3/t11-/m1/s1. The van der Waals surface area contributed by atoms with Gasteiger partial charge < -0.3 is 4.74 Å². The van der Waals surface area contributed by atoms with Crippen molar-refractivity contribution in [1.29, 1.82) is 0 Å². The molecule has 0 unspecified atom stereocenters. The van der Waals surface area contributed by atoms with E-state index in [4.69, 9.17) is 4.74 Å². The van der Waals surface area contributed by atoms with Crippen molar-refractivity contribution in [2.24, 2.45) is 0 Å². The number of hydrogen-bond donors (Lipinski definition) is 0. The van der Waals surface area contributed by atoms with Crippen LogP contribution < -0.4 is 0 Å². The van der Waals surface area contributed by atoms with Crippen molar-refractivity contribution in [2.75, 3.05) is 6.61 Å². The molecule has 0 saturated carbocycles. The highest BCUT2D eigenvalue weighted by Crippen LogP contribution is 2.32. The van der Waals surface area contributed by atoms with E-state index >= 15 is 0 Å². The van der Waals surface area contributed by atoms with Gasteiger partial charge in [-0.15, -0.1) is 0 Å². The topological polar surface area (TPSA) is 43.4 Å². The number of hydrogen-bond acceptors (Lipinski definition) is 3. The number of carbonyl (C=O) groups is 2. The molecule has 0 bridgehead atoms. The van der Waals surface area contributed by atoms with E-state index in [1.807, 2.05) is 18.2 Å². The van der Waals surface area contributed by atoms with Gasteiger partial charge in [0, 0.05) is 12.0 Å². The van der Waals surface area contributed by atoms with Crippen molar-refractivity contribution >= 4 is 11.8 Å². The predicted octanol–water partition coefficient (Wildman–Crippen LogP) is 2.31. The number of Topliss-reactive ketones (excluding diaryl/α,β-unsaturated/α-hetero) is 1. The Balaban J connectivity index is 2.34. The van der Waals surface area contributed by atoms with Crippen molar-refractivity contribution < 1.29 is 14.3 Å². The van der Waals surface area contributed by atoms with Crippen LogP contribution in [0.1, 0.15) is 41.6 Å². The molecule has 0 N–H and O–H groups in total. The Morgan fingerprint density at radius 2 is 2.19 bits per heavy atom. The zero-order valence-electron chi connectivity index (χ0n) is 9.23. The molecule has 16 heavy (non-hydrogen) atoms. The van der Waals surface area contributed by atoms with E-state index in [0.29, 0.717) is 25.0 Å². The first-order valence-electron chi connectivity index (χ1n) is 5.52. The molecule has 0 saturated heterocycles. The summed E-state index contributed by atoms with van der Waals surface area (Å²) < 4.78 is 5.02. The average Bonchev–Trinajstić information content (AvgIpc) is 2.30. The Labute approximate surface area is 94.4 Å². The van der Waals surface area contributed by atoms with Gasteiger partial charge >= 0.3 is 5.97 Å². The third-order valence-electron chi connectivity index (χ3n) is 2.87. The van der Waals surface area contributed by atoms with Crippen LogP contribution in [0.4, 0.5) is 0 Å². The number of esters is 1. The van der Waals surface area contributed by atoms with E-state index in [0.717, 1.165) is 5.56 Å². The van der Waals surface area contributed by atoms with Crippen LogP contribution in [0.15, 0.2) is 24.3 Å². The Morgan fingerprint density at radius 1 is 1.44 bits per heavy atom. The number of rotatable bonds is 2. The molecule has 2 rings (SSSR count). The SMILES string of the molecule is CCOC(=O)[C@@H]1CCC(=O)c2ccccc21. The van der Waals surface area contributed by atoms with E-state index in [-0.39, 0.29) is 17.7 Å². The van der Waals surface area contributed by atoms with Crippen LogP contribution >= 0.6 is 0 Å². The van der Waals surface area contributed by atoms with Gasteiger partial charge in [-0.25, -0.2) is 0 Å². The molecular formula is C13H14O3. The van der Waals surface area contributed by atoms with Crippen LogP contribution in [0.5, 0.6) is 0 Å². The van der Waals surface area contributed by atoms with Crippen LogP contribution in [-0.4, -0.2) is 18.4 Å². The molecular weight excluding hydrogens is 204 g/mol. The van der Waals surface area contributed by atoms with Crippen LogP contribution in [0.2, 0.25) is 0 Å². The summed E-state index contributed by atoms with van der Waals surface area (Å²) in [5, 5.41) is 0. The molecule has 1 aliphatic carbocycles. The molecule has 3 heteroatoms. The van der Waals surface area contributed by atoms with Crippen molar-refractivity contribution in [3.8, 4) is 0 Å². The minimum Gasteiger partial charge on any atom is -0.466 e. The molecule has 0 heterocycles. The first-order chi connectivity index (χ1) is 7.74. The third-order valence-corrected chi connectivity index (χ3v) is 2.87. The maximum absolute atomic E-state index is 11.7. The minimum atomic E-state index is -0.270. The molecule has 0 aliphatic heterocycles. The Morgan fingerprint density at radius 3 is 2.94 bits per heavy atom. The fraction of sp³-hybridized carbons (Fsp3) is 0.385. The first-order valence-corrected chi connectivity index (χ1v) is 5.52. The van der Waals surface area contributed by atoms with Gasteiger partial charge in [-0.1, -0.05) is 24.3 Å². The number of ether oxygens (including phenoxy) is 1. The summed E-state index contributed by atoms with van der Waals surface area (Å²) in [6, 6.07) is 7.30. The quantitative estimate of drug-likeness (QED) is 0.715. The second-order valence-electron chi connectivity index (χ2n) is 3.85. The zero-order valence-corrected chi connectivity index (χ0v) is 9.23. The van der Waals surface area contributed by atoms with E-state index in [1.54, 1.807) is 13.0 Å². The van der Waals surface area contributed by atoms with Gasteiger partial charge in [-0.3, -0.25) is 9.59 Å². The molecule has 1 aromatic rings. The Kier molecular flexibility index (Phi) is 3.04. The number of benzene rings is 1. The van der Waals surface area contributed by atoms with Crippen LogP contribution in [0, 0.1) is 0 Å². The lowest BCUT2D eigenvalue weighted by molar-refractivity contribution is -0.145. The lowest BCUT2D eigenvalue weighted by atomic mass is 9.82. The molecule has 0 amide bonds. The third kappa shape index (κ3) is 1.85. The second kappa shape index (κ2) is 4.47. The fourth-order valence-electron chi connectivity index (χ4n) is 2.11. The molecule has 0 aromatic heterocycles. The van der Waals surface area contributed by atoms with Crippen molar-refractivity contribution in [2.45, 2.75) is 25.7 Å². The maximum Gasteiger partial charge on any atom is 0.313 e. The second-order valence-corrected chi connectivity index (χ2v) is 3.85. The summed E-state index contributed by atoms with van der Waals surface area (Å²) in [6.45, 7) is 2.17. The average molecular weight is 218 g/mol. The molecule has 1 aromatic carbocycles. The molecule has 3 nitrogen and oxygen atoms in total. The van der Waals surface area contributed by atoms with E-state index in [2.05, 4.69) is 0 Å².